The molecule has 2 heterocycles. The second kappa shape index (κ2) is 8.09. The van der Waals surface area contributed by atoms with Crippen molar-refractivity contribution in [1.29, 1.82) is 0 Å². The van der Waals surface area contributed by atoms with Crippen LogP contribution >= 0.6 is 0 Å². The normalized spacial score (nSPS) is 19.3. The summed E-state index contributed by atoms with van der Waals surface area (Å²) in [6.45, 7) is 0.620. The first-order chi connectivity index (χ1) is 16.0. The lowest BCUT2D eigenvalue weighted by Crippen LogP contribution is -2.29. The quantitative estimate of drug-likeness (QED) is 0.353. The molecule has 0 aromatic heterocycles. The Morgan fingerprint density at radius 3 is 2.55 bits per heavy atom. The molecule has 1 amide bonds. The summed E-state index contributed by atoms with van der Waals surface area (Å²) < 4.78 is 19.3. The van der Waals surface area contributed by atoms with Gasteiger partial charge in [0, 0.05) is 5.56 Å². The number of aromatic hydroxyl groups is 1. The number of para-hydroxylation sites is 2. The van der Waals surface area contributed by atoms with E-state index in [-0.39, 0.29) is 22.8 Å². The highest BCUT2D eigenvalue weighted by atomic mass is 19.1. The number of aryl methyl sites for hydroxylation is 1. The molecular formula is C26H20FNO5. The van der Waals surface area contributed by atoms with Gasteiger partial charge in [-0.05, 0) is 66.4 Å². The monoisotopic (exact) mass is 445 g/mol. The largest absolute Gasteiger partial charge is 0.507 e. The van der Waals surface area contributed by atoms with Crippen molar-refractivity contribution in [2.45, 2.75) is 18.9 Å². The van der Waals surface area contributed by atoms with Gasteiger partial charge >= 0.3 is 0 Å². The first-order valence-electron chi connectivity index (χ1n) is 10.6. The number of phenols is 1. The minimum absolute atomic E-state index is 0.117. The summed E-state index contributed by atoms with van der Waals surface area (Å²) >= 11 is 0. The van der Waals surface area contributed by atoms with E-state index in [4.69, 9.17) is 4.74 Å². The number of fused-ring (bicyclic) bond motifs is 1. The van der Waals surface area contributed by atoms with E-state index in [1.54, 1.807) is 30.3 Å². The zero-order valence-electron chi connectivity index (χ0n) is 17.5. The van der Waals surface area contributed by atoms with Crippen LogP contribution in [0.15, 0.2) is 72.3 Å². The summed E-state index contributed by atoms with van der Waals surface area (Å²) in [6.07, 6.45) is 1.61. The molecule has 1 fully saturated rings. The molecular weight excluding hydrogens is 425 g/mol. The van der Waals surface area contributed by atoms with Crippen molar-refractivity contribution >= 4 is 23.1 Å². The van der Waals surface area contributed by atoms with Gasteiger partial charge in [-0.3, -0.25) is 14.5 Å². The Balaban J connectivity index is 1.71. The highest BCUT2D eigenvalue weighted by Crippen LogP contribution is 2.44. The molecule has 0 radical (unpaired) electrons. The molecule has 0 saturated carbocycles. The van der Waals surface area contributed by atoms with Crippen LogP contribution in [-0.4, -0.2) is 28.5 Å². The van der Waals surface area contributed by atoms with Crippen LogP contribution in [-0.2, 0) is 16.0 Å². The zero-order valence-corrected chi connectivity index (χ0v) is 17.5. The van der Waals surface area contributed by atoms with Crippen molar-refractivity contribution in [3.8, 4) is 11.5 Å². The van der Waals surface area contributed by atoms with Gasteiger partial charge in [0.15, 0.2) is 0 Å². The maximum atomic E-state index is 13.6. The fourth-order valence-corrected chi connectivity index (χ4v) is 4.37. The topological polar surface area (TPSA) is 87.1 Å². The van der Waals surface area contributed by atoms with Gasteiger partial charge in [0.1, 0.15) is 23.1 Å². The van der Waals surface area contributed by atoms with E-state index < -0.39 is 23.5 Å². The summed E-state index contributed by atoms with van der Waals surface area (Å²) in [7, 11) is 0. The van der Waals surface area contributed by atoms with E-state index in [2.05, 4.69) is 0 Å². The molecule has 166 valence electrons. The van der Waals surface area contributed by atoms with E-state index in [1.807, 2.05) is 0 Å². The number of Topliss-reactive ketones (excluding diaryl/α,β-unsaturated/α-hetero) is 1. The summed E-state index contributed by atoms with van der Waals surface area (Å²) in [5.74, 6) is -2.07. The summed E-state index contributed by atoms with van der Waals surface area (Å²) in [6, 6.07) is 15.5. The lowest BCUT2D eigenvalue weighted by atomic mass is 9.94. The third-order valence-corrected chi connectivity index (χ3v) is 5.95. The van der Waals surface area contributed by atoms with Gasteiger partial charge in [0.25, 0.3) is 11.7 Å². The van der Waals surface area contributed by atoms with Crippen LogP contribution in [0.3, 0.4) is 0 Å². The van der Waals surface area contributed by atoms with Crippen molar-refractivity contribution in [3.05, 3.63) is 94.8 Å². The van der Waals surface area contributed by atoms with Crippen LogP contribution in [0.25, 0.3) is 5.76 Å². The Morgan fingerprint density at radius 2 is 1.79 bits per heavy atom. The lowest BCUT2D eigenvalue weighted by molar-refractivity contribution is -0.132. The molecule has 0 bridgehead atoms. The standard InChI is InChI=1S/C26H20FNO5/c27-18-10-7-15(8-11-18)23-22(24(30)17-9-12-21-16(14-17)4-3-13-33-21)25(31)26(32)28(23)19-5-1-2-6-20(19)29/h1-2,5-12,14,23,29-30H,3-4,13H2/b24-22-. The Morgan fingerprint density at radius 1 is 1.03 bits per heavy atom. The number of aliphatic hydroxyl groups excluding tert-OH is 1. The average molecular weight is 445 g/mol. The molecule has 7 heteroatoms. The molecule has 5 rings (SSSR count). The van der Waals surface area contributed by atoms with Crippen molar-refractivity contribution < 1.29 is 28.9 Å². The number of phenolic OH excluding ortho intramolecular Hbond substituents is 1. The minimum Gasteiger partial charge on any atom is -0.507 e. The number of ketones is 1. The number of anilines is 1. The summed E-state index contributed by atoms with van der Waals surface area (Å²) in [5, 5.41) is 21.6. The number of aliphatic hydroxyl groups is 1. The van der Waals surface area contributed by atoms with Crippen molar-refractivity contribution in [1.82, 2.24) is 0 Å². The predicted molar refractivity (Wildman–Crippen MR) is 120 cm³/mol. The van der Waals surface area contributed by atoms with Gasteiger partial charge in [-0.1, -0.05) is 24.3 Å². The lowest BCUT2D eigenvalue weighted by Gasteiger charge is -2.26. The van der Waals surface area contributed by atoms with E-state index in [9.17, 15) is 24.2 Å². The SMILES string of the molecule is O=C1C(=O)N(c2ccccc2O)C(c2ccc(F)cc2)/C1=C(/O)c1ccc2c(c1)CCCO2. The molecule has 1 atom stereocenters. The number of hydrogen-bond acceptors (Lipinski definition) is 5. The Labute approximate surface area is 189 Å². The van der Waals surface area contributed by atoms with E-state index in [0.29, 0.717) is 17.7 Å². The van der Waals surface area contributed by atoms with Crippen LogP contribution < -0.4 is 9.64 Å². The first kappa shape index (κ1) is 20.8. The molecule has 0 spiro atoms. The van der Waals surface area contributed by atoms with Gasteiger partial charge in [0.2, 0.25) is 0 Å². The van der Waals surface area contributed by atoms with E-state index in [1.165, 1.54) is 36.4 Å². The van der Waals surface area contributed by atoms with E-state index in [0.717, 1.165) is 29.1 Å². The number of amides is 1. The first-order valence-corrected chi connectivity index (χ1v) is 10.6. The van der Waals surface area contributed by atoms with Crippen LogP contribution in [0.2, 0.25) is 0 Å². The number of ether oxygens (including phenoxy) is 1. The third kappa shape index (κ3) is 3.51. The molecule has 6 nitrogen and oxygen atoms in total. The molecule has 3 aromatic rings. The molecule has 1 saturated heterocycles. The maximum Gasteiger partial charge on any atom is 0.300 e. The smallest absolute Gasteiger partial charge is 0.300 e. The minimum atomic E-state index is -1.05. The highest BCUT2D eigenvalue weighted by molar-refractivity contribution is 6.51. The predicted octanol–water partition coefficient (Wildman–Crippen LogP) is 4.48. The molecule has 2 aliphatic rings. The number of hydrogen-bond donors (Lipinski definition) is 2. The van der Waals surface area contributed by atoms with Gasteiger partial charge in [-0.25, -0.2) is 4.39 Å². The van der Waals surface area contributed by atoms with E-state index >= 15 is 0 Å². The third-order valence-electron chi connectivity index (χ3n) is 5.95. The van der Waals surface area contributed by atoms with Crippen molar-refractivity contribution in [2.75, 3.05) is 11.5 Å². The molecule has 2 N–H and O–H groups in total. The van der Waals surface area contributed by atoms with Crippen molar-refractivity contribution in [2.24, 2.45) is 0 Å². The number of carbonyl (C=O) groups excluding carboxylic acids is 2. The molecule has 33 heavy (non-hydrogen) atoms. The second-order valence-corrected chi connectivity index (χ2v) is 7.98. The zero-order chi connectivity index (χ0) is 23.1. The number of halogens is 1. The number of rotatable bonds is 3. The van der Waals surface area contributed by atoms with Gasteiger partial charge in [-0.2, -0.15) is 0 Å². The van der Waals surface area contributed by atoms with Crippen LogP contribution in [0.5, 0.6) is 11.5 Å². The average Bonchev–Trinajstić information content (AvgIpc) is 3.09. The Kier molecular flexibility index (Phi) is 5.09. The highest BCUT2D eigenvalue weighted by Gasteiger charge is 2.47. The fraction of sp³-hybridized carbons (Fsp3) is 0.154. The summed E-state index contributed by atoms with van der Waals surface area (Å²) in [4.78, 5) is 27.4. The maximum absolute atomic E-state index is 13.6. The Bertz CT molecular complexity index is 1300. The fourth-order valence-electron chi connectivity index (χ4n) is 4.37. The van der Waals surface area contributed by atoms with Crippen molar-refractivity contribution in [3.63, 3.8) is 0 Å². The molecule has 0 aliphatic carbocycles. The van der Waals surface area contributed by atoms with Gasteiger partial charge < -0.3 is 14.9 Å². The molecule has 1 unspecified atom stereocenters. The van der Waals surface area contributed by atoms with Crippen LogP contribution in [0.4, 0.5) is 10.1 Å². The second-order valence-electron chi connectivity index (χ2n) is 7.98. The summed E-state index contributed by atoms with van der Waals surface area (Å²) in [5.41, 5.74) is 1.68. The number of carbonyl (C=O) groups is 2. The molecule has 3 aromatic carbocycles. The Hall–Kier alpha value is -4.13. The van der Waals surface area contributed by atoms with Gasteiger partial charge in [0.05, 0.1) is 23.9 Å². The number of nitrogens with zero attached hydrogens (tertiary/aromatic N) is 1. The van der Waals surface area contributed by atoms with Crippen LogP contribution in [0.1, 0.15) is 29.2 Å². The van der Waals surface area contributed by atoms with Crippen LogP contribution in [0, 0.1) is 5.82 Å². The number of benzene rings is 3. The van der Waals surface area contributed by atoms with Gasteiger partial charge in [-0.15, -0.1) is 0 Å². The molecule has 2 aliphatic heterocycles.